The van der Waals surface area contributed by atoms with Gasteiger partial charge < -0.3 is 14.8 Å². The quantitative estimate of drug-likeness (QED) is 0.623. The van der Waals surface area contributed by atoms with Crippen LogP contribution in [0.5, 0.6) is 5.75 Å². The Morgan fingerprint density at radius 2 is 1.97 bits per heavy atom. The van der Waals surface area contributed by atoms with Crippen LogP contribution in [0.1, 0.15) is 41.3 Å². The number of benzene rings is 2. The summed E-state index contributed by atoms with van der Waals surface area (Å²) in [7, 11) is 0. The summed E-state index contributed by atoms with van der Waals surface area (Å²) in [6, 6.07) is 16.1. The summed E-state index contributed by atoms with van der Waals surface area (Å²) in [5.74, 6) is 0.945. The van der Waals surface area contributed by atoms with E-state index in [9.17, 15) is 4.79 Å². The lowest BCUT2D eigenvalue weighted by molar-refractivity contribution is 0.0342. The van der Waals surface area contributed by atoms with Crippen molar-refractivity contribution in [2.75, 3.05) is 39.5 Å². The Kier molecular flexibility index (Phi) is 8.53. The van der Waals surface area contributed by atoms with Crippen molar-refractivity contribution in [3.05, 3.63) is 65.2 Å². The van der Waals surface area contributed by atoms with E-state index in [4.69, 9.17) is 9.47 Å². The van der Waals surface area contributed by atoms with Gasteiger partial charge in [0.1, 0.15) is 5.75 Å². The van der Waals surface area contributed by atoms with E-state index in [1.165, 1.54) is 11.1 Å². The zero-order valence-electron chi connectivity index (χ0n) is 17.4. The molecule has 2 aromatic rings. The van der Waals surface area contributed by atoms with Crippen molar-refractivity contribution in [3.63, 3.8) is 0 Å². The molecule has 0 aromatic heterocycles. The number of hydrogen-bond donors (Lipinski definition) is 1. The highest BCUT2D eigenvalue weighted by Crippen LogP contribution is 2.19. The summed E-state index contributed by atoms with van der Waals surface area (Å²) in [4.78, 5) is 14.9. The second-order valence-electron chi connectivity index (χ2n) is 7.40. The Hall–Kier alpha value is -2.37. The van der Waals surface area contributed by atoms with Gasteiger partial charge in [-0.3, -0.25) is 9.69 Å². The predicted molar refractivity (Wildman–Crippen MR) is 115 cm³/mol. The van der Waals surface area contributed by atoms with Crippen LogP contribution in [0.2, 0.25) is 0 Å². The average Bonchev–Trinajstić information content (AvgIpc) is 2.76. The number of aryl methyl sites for hydroxylation is 1. The molecule has 1 aliphatic heterocycles. The topological polar surface area (TPSA) is 50.8 Å². The third kappa shape index (κ3) is 6.87. The molecule has 0 unspecified atom stereocenters. The lowest BCUT2D eigenvalue weighted by Gasteiger charge is -2.26. The molecule has 0 saturated carbocycles. The van der Waals surface area contributed by atoms with E-state index in [1.54, 1.807) is 0 Å². The van der Waals surface area contributed by atoms with Crippen LogP contribution in [-0.4, -0.2) is 50.3 Å². The Balaban J connectivity index is 1.45. The van der Waals surface area contributed by atoms with Crippen LogP contribution >= 0.6 is 0 Å². The number of nitrogens with zero attached hydrogens (tertiary/aromatic N) is 1. The summed E-state index contributed by atoms with van der Waals surface area (Å²) < 4.78 is 11.2. The highest BCUT2D eigenvalue weighted by molar-refractivity contribution is 5.94. The molecular weight excluding hydrogens is 364 g/mol. The van der Waals surface area contributed by atoms with Crippen molar-refractivity contribution >= 4 is 5.91 Å². The zero-order valence-corrected chi connectivity index (χ0v) is 17.4. The van der Waals surface area contributed by atoms with E-state index in [2.05, 4.69) is 29.3 Å². The first-order chi connectivity index (χ1) is 14.3. The van der Waals surface area contributed by atoms with Crippen molar-refractivity contribution in [1.29, 1.82) is 0 Å². The first-order valence-electron chi connectivity index (χ1n) is 10.6. The molecule has 3 rings (SSSR count). The van der Waals surface area contributed by atoms with Gasteiger partial charge in [0.2, 0.25) is 0 Å². The molecule has 2 aromatic carbocycles. The minimum absolute atomic E-state index is 0.00987. The Morgan fingerprint density at radius 3 is 2.79 bits per heavy atom. The summed E-state index contributed by atoms with van der Waals surface area (Å²) in [6.07, 6.45) is 2.76. The predicted octanol–water partition coefficient (Wildman–Crippen LogP) is 3.67. The molecule has 5 nitrogen and oxygen atoms in total. The molecule has 0 bridgehead atoms. The van der Waals surface area contributed by atoms with Crippen LogP contribution in [0.15, 0.2) is 48.5 Å². The first-order valence-corrected chi connectivity index (χ1v) is 10.6. The van der Waals surface area contributed by atoms with Gasteiger partial charge in [0.25, 0.3) is 5.91 Å². The van der Waals surface area contributed by atoms with Gasteiger partial charge in [-0.1, -0.05) is 37.3 Å². The van der Waals surface area contributed by atoms with Crippen LogP contribution < -0.4 is 10.1 Å². The summed E-state index contributed by atoms with van der Waals surface area (Å²) in [5.41, 5.74) is 3.09. The van der Waals surface area contributed by atoms with Crippen LogP contribution in [0.4, 0.5) is 0 Å². The number of carbonyl (C=O) groups is 1. The smallest absolute Gasteiger partial charge is 0.251 e. The molecule has 5 heteroatoms. The molecule has 1 aliphatic rings. The maximum Gasteiger partial charge on any atom is 0.251 e. The molecule has 1 N–H and O–H groups in total. The summed E-state index contributed by atoms with van der Waals surface area (Å²) in [5, 5.41) is 3.05. The molecule has 0 radical (unpaired) electrons. The molecule has 0 atom stereocenters. The van der Waals surface area contributed by atoms with Crippen LogP contribution in [-0.2, 0) is 17.7 Å². The molecular formula is C24H32N2O3. The van der Waals surface area contributed by atoms with Crippen LogP contribution in [0, 0.1) is 0 Å². The number of ether oxygens (including phenoxy) is 2. The number of nitrogens with one attached hydrogen (secondary N) is 1. The van der Waals surface area contributed by atoms with Gasteiger partial charge in [0.05, 0.1) is 19.8 Å². The van der Waals surface area contributed by atoms with Crippen molar-refractivity contribution < 1.29 is 14.3 Å². The highest BCUT2D eigenvalue weighted by Gasteiger charge is 2.12. The van der Waals surface area contributed by atoms with Gasteiger partial charge in [0.15, 0.2) is 0 Å². The Morgan fingerprint density at radius 1 is 1.14 bits per heavy atom. The van der Waals surface area contributed by atoms with Crippen LogP contribution in [0.25, 0.3) is 0 Å². The lowest BCUT2D eigenvalue weighted by Crippen LogP contribution is -2.35. The third-order valence-electron chi connectivity index (χ3n) is 5.04. The second kappa shape index (κ2) is 11.6. The number of morpholine rings is 1. The minimum Gasteiger partial charge on any atom is -0.493 e. The normalized spacial score (nSPS) is 14.5. The van der Waals surface area contributed by atoms with Crippen molar-refractivity contribution in [3.8, 4) is 5.75 Å². The number of amides is 1. The fourth-order valence-electron chi connectivity index (χ4n) is 3.47. The largest absolute Gasteiger partial charge is 0.493 e. The number of para-hydroxylation sites is 1. The van der Waals surface area contributed by atoms with Gasteiger partial charge in [-0.05, 0) is 48.6 Å². The zero-order chi connectivity index (χ0) is 20.3. The number of hydrogen-bond acceptors (Lipinski definition) is 4. The van der Waals surface area contributed by atoms with E-state index < -0.39 is 0 Å². The molecule has 1 fully saturated rings. The van der Waals surface area contributed by atoms with E-state index in [0.29, 0.717) is 6.54 Å². The van der Waals surface area contributed by atoms with E-state index in [-0.39, 0.29) is 5.91 Å². The molecule has 0 spiro atoms. The second-order valence-corrected chi connectivity index (χ2v) is 7.40. The molecule has 1 amide bonds. The molecule has 1 heterocycles. The van der Waals surface area contributed by atoms with Crippen molar-refractivity contribution in [1.82, 2.24) is 10.2 Å². The van der Waals surface area contributed by atoms with Gasteiger partial charge >= 0.3 is 0 Å². The van der Waals surface area contributed by atoms with E-state index in [0.717, 1.165) is 70.0 Å². The molecule has 29 heavy (non-hydrogen) atoms. The van der Waals surface area contributed by atoms with Gasteiger partial charge in [-0.15, -0.1) is 0 Å². The Labute approximate surface area is 174 Å². The summed E-state index contributed by atoms with van der Waals surface area (Å²) >= 11 is 0. The van der Waals surface area contributed by atoms with Gasteiger partial charge in [0, 0.05) is 31.7 Å². The minimum atomic E-state index is -0.00987. The first kappa shape index (κ1) is 21.3. The summed E-state index contributed by atoms with van der Waals surface area (Å²) in [6.45, 7) is 7.80. The molecule has 0 aliphatic carbocycles. The average molecular weight is 397 g/mol. The van der Waals surface area contributed by atoms with Crippen LogP contribution in [0.3, 0.4) is 0 Å². The molecule has 1 saturated heterocycles. The fraction of sp³-hybridized carbons (Fsp3) is 0.458. The van der Waals surface area contributed by atoms with E-state index >= 15 is 0 Å². The van der Waals surface area contributed by atoms with Crippen molar-refractivity contribution in [2.45, 2.75) is 32.7 Å². The number of carbonyl (C=O) groups excluding carboxylic acids is 1. The maximum atomic E-state index is 12.5. The highest BCUT2D eigenvalue weighted by atomic mass is 16.5. The molecule has 156 valence electrons. The lowest BCUT2D eigenvalue weighted by atomic mass is 10.1. The van der Waals surface area contributed by atoms with Gasteiger partial charge in [-0.25, -0.2) is 0 Å². The maximum absolute atomic E-state index is 12.5. The SMILES string of the molecule is CCCOc1ccccc1CCCNC(=O)c1cccc(CN2CCOCC2)c1. The number of rotatable bonds is 10. The van der Waals surface area contributed by atoms with Crippen molar-refractivity contribution in [2.24, 2.45) is 0 Å². The van der Waals surface area contributed by atoms with Gasteiger partial charge in [-0.2, -0.15) is 0 Å². The third-order valence-corrected chi connectivity index (χ3v) is 5.04. The standard InChI is InChI=1S/C24H32N2O3/c1-2-15-29-23-11-4-3-8-21(23)10-6-12-25-24(27)22-9-5-7-20(18-22)19-26-13-16-28-17-14-26/h3-5,7-9,11,18H,2,6,10,12-17,19H2,1H3,(H,25,27). The van der Waals surface area contributed by atoms with E-state index in [1.807, 2.05) is 36.4 Å². The monoisotopic (exact) mass is 396 g/mol. The Bertz CT molecular complexity index is 772. The fourth-order valence-corrected chi connectivity index (χ4v) is 3.47.